The molecule has 4 atom stereocenters. The van der Waals surface area contributed by atoms with Crippen LogP contribution in [-0.2, 0) is 10.5 Å². The first kappa shape index (κ1) is 15.6. The lowest BCUT2D eigenvalue weighted by Gasteiger charge is -2.33. The molecule has 5 N–H and O–H groups in total. The van der Waals surface area contributed by atoms with Crippen molar-refractivity contribution in [2.45, 2.75) is 37.3 Å². The first-order valence-electron chi connectivity index (χ1n) is 6.53. The molecule has 2 rings (SSSR count). The fourth-order valence-corrected chi connectivity index (χ4v) is 2.61. The van der Waals surface area contributed by atoms with Crippen LogP contribution in [0.1, 0.15) is 12.0 Å². The van der Waals surface area contributed by atoms with Crippen LogP contribution in [0.3, 0.4) is 0 Å². The number of aromatic amines is 1. The highest BCUT2D eigenvalue weighted by molar-refractivity contribution is 5.09. The van der Waals surface area contributed by atoms with Gasteiger partial charge in [-0.1, -0.05) is 6.08 Å². The molecule has 0 spiro atoms. The molecule has 1 aliphatic rings. The zero-order chi connectivity index (χ0) is 15.8. The Morgan fingerprint density at radius 3 is 2.81 bits per heavy atom. The maximum absolute atomic E-state index is 12.1. The summed E-state index contributed by atoms with van der Waals surface area (Å²) in [5, 5.41) is 19.3. The van der Waals surface area contributed by atoms with Gasteiger partial charge in [-0.05, 0) is 6.92 Å². The van der Waals surface area contributed by atoms with Gasteiger partial charge in [-0.15, -0.1) is 6.58 Å². The summed E-state index contributed by atoms with van der Waals surface area (Å²) < 4.78 is 6.82. The van der Waals surface area contributed by atoms with Gasteiger partial charge in [0.15, 0.2) is 5.72 Å². The maximum atomic E-state index is 12.1. The Kier molecular flexibility index (Phi) is 4.15. The van der Waals surface area contributed by atoms with Gasteiger partial charge in [0, 0.05) is 18.2 Å². The molecule has 0 saturated carbocycles. The summed E-state index contributed by atoms with van der Waals surface area (Å²) in [6, 6.07) is -0.962. The average Bonchev–Trinajstić information content (AvgIpc) is 2.69. The molecule has 21 heavy (non-hydrogen) atoms. The summed E-state index contributed by atoms with van der Waals surface area (Å²) in [7, 11) is 0. The van der Waals surface area contributed by atoms with Gasteiger partial charge in [0.2, 0.25) is 0 Å². The Balaban J connectivity index is 2.64. The number of aromatic nitrogens is 2. The lowest BCUT2D eigenvalue weighted by molar-refractivity contribution is -0.121. The number of nitrogens with two attached hydrogens (primary N) is 1. The number of nitrogens with one attached hydrogen (secondary N) is 1. The number of rotatable bonds is 4. The second-order valence-electron chi connectivity index (χ2n) is 5.13. The second kappa shape index (κ2) is 5.57. The highest BCUT2D eigenvalue weighted by Crippen LogP contribution is 2.36. The number of H-pyrrole nitrogens is 1. The van der Waals surface area contributed by atoms with E-state index in [1.54, 1.807) is 0 Å². The van der Waals surface area contributed by atoms with E-state index >= 15 is 0 Å². The van der Waals surface area contributed by atoms with Crippen LogP contribution < -0.4 is 17.0 Å². The highest BCUT2D eigenvalue weighted by Gasteiger charge is 2.53. The first-order valence-corrected chi connectivity index (χ1v) is 6.53. The highest BCUT2D eigenvalue weighted by atomic mass is 16.6. The Morgan fingerprint density at radius 1 is 1.62 bits per heavy atom. The maximum Gasteiger partial charge on any atom is 0.330 e. The van der Waals surface area contributed by atoms with E-state index in [1.807, 2.05) is 0 Å². The van der Waals surface area contributed by atoms with Crippen LogP contribution in [0.25, 0.3) is 0 Å². The van der Waals surface area contributed by atoms with Gasteiger partial charge in [-0.25, -0.2) is 4.79 Å². The van der Waals surface area contributed by atoms with Crippen LogP contribution in [0.2, 0.25) is 0 Å². The monoisotopic (exact) mass is 297 g/mol. The second-order valence-corrected chi connectivity index (χ2v) is 5.13. The number of hydrogen-bond acceptors (Lipinski definition) is 6. The molecular formula is C13H19N3O5. The number of ether oxygens (including phenoxy) is 1. The predicted molar refractivity (Wildman–Crippen MR) is 74.8 cm³/mol. The largest absolute Gasteiger partial charge is 0.394 e. The van der Waals surface area contributed by atoms with Crippen LogP contribution in [-0.4, -0.2) is 44.6 Å². The molecule has 1 saturated heterocycles. The molecule has 1 aromatic heterocycles. The minimum atomic E-state index is -1.40. The molecule has 8 heteroatoms. The van der Waals surface area contributed by atoms with Gasteiger partial charge in [-0.3, -0.25) is 14.3 Å². The van der Waals surface area contributed by atoms with Gasteiger partial charge in [-0.2, -0.15) is 0 Å². The predicted octanol–water partition coefficient (Wildman–Crippen LogP) is -1.85. The molecule has 1 aliphatic heterocycles. The van der Waals surface area contributed by atoms with Gasteiger partial charge < -0.3 is 20.7 Å². The Hall–Kier alpha value is -1.74. The van der Waals surface area contributed by atoms with Gasteiger partial charge in [0.25, 0.3) is 5.56 Å². The zero-order valence-corrected chi connectivity index (χ0v) is 11.7. The molecule has 8 nitrogen and oxygen atoms in total. The van der Waals surface area contributed by atoms with Crippen molar-refractivity contribution in [2.75, 3.05) is 6.61 Å². The normalized spacial score (nSPS) is 32.3. The van der Waals surface area contributed by atoms with E-state index in [1.165, 1.54) is 19.2 Å². The Labute approximate surface area is 120 Å². The summed E-state index contributed by atoms with van der Waals surface area (Å²) in [5.74, 6) is 0. The van der Waals surface area contributed by atoms with Gasteiger partial charge >= 0.3 is 5.69 Å². The molecule has 0 aromatic carbocycles. The molecule has 1 aromatic rings. The van der Waals surface area contributed by atoms with Crippen LogP contribution in [0, 0.1) is 6.92 Å². The minimum absolute atomic E-state index is 0.132. The van der Waals surface area contributed by atoms with Crippen LogP contribution in [0.4, 0.5) is 0 Å². The smallest absolute Gasteiger partial charge is 0.330 e. The number of nitrogens with zero attached hydrogens (tertiary/aromatic N) is 1. The van der Waals surface area contributed by atoms with Crippen molar-refractivity contribution in [2.24, 2.45) is 5.73 Å². The Morgan fingerprint density at radius 2 is 2.29 bits per heavy atom. The number of aliphatic hydroxyl groups excluding tert-OH is 2. The van der Waals surface area contributed by atoms with E-state index in [-0.39, 0.29) is 6.42 Å². The van der Waals surface area contributed by atoms with Crippen molar-refractivity contribution in [3.8, 4) is 0 Å². The van der Waals surface area contributed by atoms with E-state index in [0.29, 0.717) is 5.56 Å². The SMILES string of the molecule is C=CC[C@@]1(n2cc(C)c(=O)[nH]c2=O)O[C@H](CO)[C@@H](O)C1N. The van der Waals surface area contributed by atoms with Crippen LogP contribution >= 0.6 is 0 Å². The lowest BCUT2D eigenvalue weighted by Crippen LogP contribution is -2.55. The summed E-state index contributed by atoms with van der Waals surface area (Å²) in [4.78, 5) is 25.8. The third-order valence-electron chi connectivity index (χ3n) is 3.77. The molecule has 0 bridgehead atoms. The molecular weight excluding hydrogens is 278 g/mol. The van der Waals surface area contributed by atoms with E-state index in [2.05, 4.69) is 11.6 Å². The third-order valence-corrected chi connectivity index (χ3v) is 3.77. The van der Waals surface area contributed by atoms with E-state index < -0.39 is 41.8 Å². The fraction of sp³-hybridized carbons (Fsp3) is 0.538. The summed E-state index contributed by atoms with van der Waals surface area (Å²) in [6.45, 7) is 4.71. The molecule has 0 aliphatic carbocycles. The van der Waals surface area contributed by atoms with Crippen molar-refractivity contribution >= 4 is 0 Å². The van der Waals surface area contributed by atoms with Crippen LogP contribution in [0.5, 0.6) is 0 Å². The third kappa shape index (κ3) is 2.36. The number of aryl methyl sites for hydroxylation is 1. The molecule has 0 radical (unpaired) electrons. The van der Waals surface area contributed by atoms with Crippen molar-refractivity contribution in [1.82, 2.24) is 9.55 Å². The topological polar surface area (TPSA) is 131 Å². The molecule has 0 amide bonds. The molecule has 1 unspecified atom stereocenters. The van der Waals surface area contributed by atoms with Crippen molar-refractivity contribution in [3.63, 3.8) is 0 Å². The van der Waals surface area contributed by atoms with Crippen molar-refractivity contribution in [1.29, 1.82) is 0 Å². The average molecular weight is 297 g/mol. The summed E-state index contributed by atoms with van der Waals surface area (Å²) in [5.41, 5.74) is 3.71. The zero-order valence-electron chi connectivity index (χ0n) is 11.7. The number of hydrogen-bond donors (Lipinski definition) is 4. The lowest BCUT2D eigenvalue weighted by atomic mass is 9.97. The standard InChI is InChI=1S/C13H19N3O5/c1-3-4-13(10(14)9(18)8(6-17)21-13)16-5-7(2)11(19)15-12(16)20/h3,5,8-10,17-18H,1,4,6,14H2,2H3,(H,15,19,20)/t8-,9-,10?,13-/m1/s1. The molecule has 1 fully saturated rings. The van der Waals surface area contributed by atoms with Crippen molar-refractivity contribution < 1.29 is 14.9 Å². The van der Waals surface area contributed by atoms with E-state index in [0.717, 1.165) is 4.57 Å². The minimum Gasteiger partial charge on any atom is -0.394 e. The van der Waals surface area contributed by atoms with E-state index in [4.69, 9.17) is 10.5 Å². The van der Waals surface area contributed by atoms with Crippen LogP contribution in [0.15, 0.2) is 28.4 Å². The van der Waals surface area contributed by atoms with E-state index in [9.17, 15) is 19.8 Å². The quantitative estimate of drug-likeness (QED) is 0.483. The van der Waals surface area contributed by atoms with Gasteiger partial charge in [0.1, 0.15) is 12.2 Å². The summed E-state index contributed by atoms with van der Waals surface area (Å²) in [6.07, 6.45) is 0.900. The fourth-order valence-electron chi connectivity index (χ4n) is 2.61. The van der Waals surface area contributed by atoms with Gasteiger partial charge in [0.05, 0.1) is 12.6 Å². The summed E-state index contributed by atoms with van der Waals surface area (Å²) >= 11 is 0. The van der Waals surface area contributed by atoms with Crippen molar-refractivity contribution in [3.05, 3.63) is 45.3 Å². The molecule has 116 valence electrons. The first-order chi connectivity index (χ1) is 9.87. The molecule has 2 heterocycles. The Bertz CT molecular complexity index is 652. The number of aliphatic hydroxyl groups is 2.